The van der Waals surface area contributed by atoms with Crippen LogP contribution in [0.3, 0.4) is 0 Å². The Kier molecular flexibility index (Phi) is 5.91. The van der Waals surface area contributed by atoms with Crippen LogP contribution in [-0.2, 0) is 19.1 Å². The first kappa shape index (κ1) is 16.7. The summed E-state index contributed by atoms with van der Waals surface area (Å²) in [7, 11) is 1.41. The van der Waals surface area contributed by atoms with Crippen LogP contribution < -0.4 is 11.1 Å². The van der Waals surface area contributed by atoms with E-state index >= 15 is 0 Å². The fraction of sp³-hybridized carbons (Fsp3) is 0.636. The summed E-state index contributed by atoms with van der Waals surface area (Å²) in [6.07, 6.45) is 0. The molecule has 1 aliphatic rings. The number of carbonyl (C=O) groups excluding carboxylic acids is 3. The van der Waals surface area contributed by atoms with Crippen molar-refractivity contribution in [2.45, 2.75) is 6.04 Å². The number of primary amides is 1. The van der Waals surface area contributed by atoms with E-state index in [-0.39, 0.29) is 19.8 Å². The summed E-state index contributed by atoms with van der Waals surface area (Å²) in [6, 6.07) is -1.62. The Labute approximate surface area is 120 Å². The van der Waals surface area contributed by atoms with Crippen LogP contribution >= 0.6 is 0 Å². The first-order chi connectivity index (χ1) is 9.86. The molecule has 1 aliphatic heterocycles. The van der Waals surface area contributed by atoms with E-state index < -0.39 is 42.9 Å². The number of carboxylic acid groups (broad SMARTS) is 1. The highest BCUT2D eigenvalue weighted by Gasteiger charge is 2.35. The Morgan fingerprint density at radius 1 is 1.38 bits per heavy atom. The van der Waals surface area contributed by atoms with Crippen molar-refractivity contribution in [3.8, 4) is 0 Å². The van der Waals surface area contributed by atoms with Gasteiger partial charge in [-0.25, -0.2) is 4.79 Å². The minimum Gasteiger partial charge on any atom is -0.480 e. The van der Waals surface area contributed by atoms with Crippen molar-refractivity contribution in [1.82, 2.24) is 15.1 Å². The highest BCUT2D eigenvalue weighted by molar-refractivity contribution is 5.90. The molecule has 4 amide bonds. The maximum atomic E-state index is 12.3. The lowest BCUT2D eigenvalue weighted by atomic mass is 10.2. The van der Waals surface area contributed by atoms with Gasteiger partial charge >= 0.3 is 12.0 Å². The number of urea groups is 1. The molecule has 0 radical (unpaired) electrons. The van der Waals surface area contributed by atoms with Gasteiger partial charge in [0, 0.05) is 13.6 Å². The molecule has 0 aromatic heterocycles. The quantitative estimate of drug-likeness (QED) is 0.509. The summed E-state index contributed by atoms with van der Waals surface area (Å²) in [5.41, 5.74) is 5.01. The second kappa shape index (κ2) is 7.43. The largest absolute Gasteiger partial charge is 0.480 e. The summed E-state index contributed by atoms with van der Waals surface area (Å²) in [4.78, 5) is 47.8. The average Bonchev–Trinajstić information content (AvgIpc) is 2.44. The fourth-order valence-electron chi connectivity index (χ4n) is 1.94. The molecule has 1 saturated heterocycles. The normalized spacial score (nSPS) is 18.0. The Hall–Kier alpha value is -2.36. The van der Waals surface area contributed by atoms with Crippen molar-refractivity contribution >= 4 is 23.8 Å². The lowest BCUT2D eigenvalue weighted by Gasteiger charge is -2.37. The Morgan fingerprint density at radius 2 is 2.05 bits per heavy atom. The number of hydrogen-bond acceptors (Lipinski definition) is 5. The minimum atomic E-state index is -1.28. The van der Waals surface area contributed by atoms with Gasteiger partial charge in [0.05, 0.1) is 13.2 Å². The SMILES string of the molecule is CNC(=O)C1COCCN1C(=O)N(CC(N)=O)CC(=O)O. The van der Waals surface area contributed by atoms with Crippen LogP contribution in [-0.4, -0.2) is 84.7 Å². The molecule has 1 fully saturated rings. The maximum Gasteiger partial charge on any atom is 0.323 e. The molecule has 10 nitrogen and oxygen atoms in total. The zero-order chi connectivity index (χ0) is 16.0. The number of rotatable bonds is 5. The van der Waals surface area contributed by atoms with Gasteiger partial charge in [-0.2, -0.15) is 0 Å². The number of amides is 4. The van der Waals surface area contributed by atoms with Crippen molar-refractivity contribution in [3.63, 3.8) is 0 Å². The second-order valence-corrected chi connectivity index (χ2v) is 4.40. The van der Waals surface area contributed by atoms with E-state index in [9.17, 15) is 19.2 Å². The summed E-state index contributed by atoms with van der Waals surface area (Å²) < 4.78 is 5.15. The summed E-state index contributed by atoms with van der Waals surface area (Å²) in [5, 5.41) is 11.2. The van der Waals surface area contributed by atoms with E-state index in [1.807, 2.05) is 0 Å². The molecular formula is C11H18N4O6. The van der Waals surface area contributed by atoms with E-state index in [1.54, 1.807) is 0 Å². The van der Waals surface area contributed by atoms with E-state index in [1.165, 1.54) is 11.9 Å². The number of carbonyl (C=O) groups is 4. The van der Waals surface area contributed by atoms with Crippen LogP contribution in [0.15, 0.2) is 0 Å². The third-order valence-corrected chi connectivity index (χ3v) is 2.87. The standard InChI is InChI=1S/C11H18N4O6/c1-13-10(19)7-6-21-3-2-15(7)11(20)14(4-8(12)16)5-9(17)18/h7H,2-6H2,1H3,(H2,12,16)(H,13,19)(H,17,18). The molecule has 1 rings (SSSR count). The molecule has 0 aromatic rings. The van der Waals surface area contributed by atoms with Gasteiger partial charge in [-0.15, -0.1) is 0 Å². The number of nitrogens with one attached hydrogen (secondary N) is 1. The van der Waals surface area contributed by atoms with Crippen molar-refractivity contribution in [2.24, 2.45) is 5.73 Å². The highest BCUT2D eigenvalue weighted by atomic mass is 16.5. The molecule has 1 heterocycles. The summed E-state index contributed by atoms with van der Waals surface area (Å²) in [6.45, 7) is -0.881. The molecule has 0 aromatic carbocycles. The second-order valence-electron chi connectivity index (χ2n) is 4.40. The number of aliphatic carboxylic acids is 1. The van der Waals surface area contributed by atoms with Crippen LogP contribution in [0.25, 0.3) is 0 Å². The average molecular weight is 302 g/mol. The number of carboxylic acids is 1. The maximum absolute atomic E-state index is 12.3. The Balaban J connectivity index is 2.90. The highest BCUT2D eigenvalue weighted by Crippen LogP contribution is 2.11. The lowest BCUT2D eigenvalue weighted by molar-refractivity contribution is -0.138. The predicted molar refractivity (Wildman–Crippen MR) is 69.2 cm³/mol. The van der Waals surface area contributed by atoms with Crippen LogP contribution in [0.2, 0.25) is 0 Å². The smallest absolute Gasteiger partial charge is 0.323 e. The molecule has 4 N–H and O–H groups in total. The molecule has 0 saturated carbocycles. The monoisotopic (exact) mass is 302 g/mol. The van der Waals surface area contributed by atoms with Gasteiger partial charge in [-0.1, -0.05) is 0 Å². The lowest BCUT2D eigenvalue weighted by Crippen LogP contribution is -2.59. The van der Waals surface area contributed by atoms with Crippen LogP contribution in [0, 0.1) is 0 Å². The van der Waals surface area contributed by atoms with E-state index in [4.69, 9.17) is 15.6 Å². The van der Waals surface area contributed by atoms with Gasteiger partial charge in [0.25, 0.3) is 0 Å². The number of morpholine rings is 1. The van der Waals surface area contributed by atoms with Crippen molar-refractivity contribution in [1.29, 1.82) is 0 Å². The molecule has 0 aliphatic carbocycles. The molecule has 118 valence electrons. The molecular weight excluding hydrogens is 284 g/mol. The first-order valence-corrected chi connectivity index (χ1v) is 6.21. The zero-order valence-electron chi connectivity index (χ0n) is 11.6. The molecule has 0 bridgehead atoms. The van der Waals surface area contributed by atoms with Crippen LogP contribution in [0.5, 0.6) is 0 Å². The van der Waals surface area contributed by atoms with E-state index in [2.05, 4.69) is 5.32 Å². The van der Waals surface area contributed by atoms with Crippen molar-refractivity contribution in [3.05, 3.63) is 0 Å². The van der Waals surface area contributed by atoms with Crippen molar-refractivity contribution in [2.75, 3.05) is 39.9 Å². The molecule has 1 atom stereocenters. The number of nitrogens with two attached hydrogens (primary N) is 1. The first-order valence-electron chi connectivity index (χ1n) is 6.21. The number of hydrogen-bond donors (Lipinski definition) is 3. The van der Waals surface area contributed by atoms with Gasteiger partial charge in [0.15, 0.2) is 0 Å². The Bertz CT molecular complexity index is 424. The third-order valence-electron chi connectivity index (χ3n) is 2.87. The van der Waals surface area contributed by atoms with Gasteiger partial charge in [-0.05, 0) is 0 Å². The number of likely N-dealkylation sites (N-methyl/N-ethyl adjacent to an activating group) is 1. The minimum absolute atomic E-state index is 0.00287. The zero-order valence-corrected chi connectivity index (χ0v) is 11.6. The predicted octanol–water partition coefficient (Wildman–Crippen LogP) is -2.57. The Morgan fingerprint density at radius 3 is 2.57 bits per heavy atom. The molecule has 21 heavy (non-hydrogen) atoms. The number of nitrogens with zero attached hydrogens (tertiary/aromatic N) is 2. The van der Waals surface area contributed by atoms with E-state index in [0.717, 1.165) is 4.90 Å². The van der Waals surface area contributed by atoms with Crippen LogP contribution in [0.1, 0.15) is 0 Å². The van der Waals surface area contributed by atoms with Gasteiger partial charge in [-0.3, -0.25) is 14.4 Å². The summed E-state index contributed by atoms with van der Waals surface area (Å²) >= 11 is 0. The van der Waals surface area contributed by atoms with Gasteiger partial charge in [0.2, 0.25) is 11.8 Å². The molecule has 0 spiro atoms. The topological polar surface area (TPSA) is 142 Å². The van der Waals surface area contributed by atoms with Gasteiger partial charge < -0.3 is 30.7 Å². The number of ether oxygens (including phenoxy) is 1. The fourth-order valence-corrected chi connectivity index (χ4v) is 1.94. The van der Waals surface area contributed by atoms with Gasteiger partial charge in [0.1, 0.15) is 19.1 Å². The van der Waals surface area contributed by atoms with Crippen LogP contribution in [0.4, 0.5) is 4.79 Å². The van der Waals surface area contributed by atoms with E-state index in [0.29, 0.717) is 0 Å². The molecule has 10 heteroatoms. The summed E-state index contributed by atoms with van der Waals surface area (Å²) in [5.74, 6) is -2.55. The molecule has 1 unspecified atom stereocenters. The van der Waals surface area contributed by atoms with Crippen molar-refractivity contribution < 1.29 is 29.0 Å². The third kappa shape index (κ3) is 4.60.